The molecule has 1 atom stereocenters. The van der Waals surface area contributed by atoms with Crippen LogP contribution in [0.15, 0.2) is 0 Å². The van der Waals surface area contributed by atoms with Gasteiger partial charge in [0.2, 0.25) is 0 Å². The van der Waals surface area contributed by atoms with Gasteiger partial charge in [-0.05, 0) is 19.3 Å². The van der Waals surface area contributed by atoms with Crippen molar-refractivity contribution < 1.29 is 9.53 Å². The third-order valence-corrected chi connectivity index (χ3v) is 2.86. The number of rotatable bonds is 5. The van der Waals surface area contributed by atoms with Crippen LogP contribution in [0.4, 0.5) is 0 Å². The molecule has 14 heavy (non-hydrogen) atoms. The molecular formula is C11H21NO2. The van der Waals surface area contributed by atoms with Crippen LogP contribution in [0.25, 0.3) is 0 Å². The van der Waals surface area contributed by atoms with Crippen molar-refractivity contribution in [1.82, 2.24) is 0 Å². The minimum absolute atomic E-state index is 0.163. The molecule has 0 bridgehead atoms. The van der Waals surface area contributed by atoms with E-state index in [0.29, 0.717) is 0 Å². The standard InChI is InChI=1S/C11H21NO2/c1-2-3-4-10(12)11(13)9-5-7-14-8-6-9/h9-10H,2-8,12H2,1H3. The number of ketones is 1. The van der Waals surface area contributed by atoms with Crippen molar-refractivity contribution in [3.05, 3.63) is 0 Å². The second kappa shape index (κ2) is 6.14. The van der Waals surface area contributed by atoms with E-state index in [1.165, 1.54) is 0 Å². The average molecular weight is 199 g/mol. The smallest absolute Gasteiger partial charge is 0.152 e. The summed E-state index contributed by atoms with van der Waals surface area (Å²) >= 11 is 0. The minimum atomic E-state index is -0.238. The van der Waals surface area contributed by atoms with Gasteiger partial charge in [-0.1, -0.05) is 19.8 Å². The van der Waals surface area contributed by atoms with E-state index in [0.717, 1.165) is 45.3 Å². The van der Waals surface area contributed by atoms with Gasteiger partial charge in [0.15, 0.2) is 5.78 Å². The van der Waals surface area contributed by atoms with Crippen LogP contribution in [0.2, 0.25) is 0 Å². The molecule has 2 N–H and O–H groups in total. The highest BCUT2D eigenvalue weighted by Crippen LogP contribution is 2.18. The Labute approximate surface area is 86.0 Å². The van der Waals surface area contributed by atoms with Crippen LogP contribution in [0.1, 0.15) is 39.0 Å². The topological polar surface area (TPSA) is 52.3 Å². The summed E-state index contributed by atoms with van der Waals surface area (Å²) in [6.45, 7) is 3.56. The number of unbranched alkanes of at least 4 members (excludes halogenated alkanes) is 1. The van der Waals surface area contributed by atoms with E-state index in [-0.39, 0.29) is 17.7 Å². The minimum Gasteiger partial charge on any atom is -0.381 e. The molecule has 1 saturated heterocycles. The molecule has 0 amide bonds. The Morgan fingerprint density at radius 1 is 1.50 bits per heavy atom. The first-order valence-electron chi connectivity index (χ1n) is 5.62. The molecule has 0 spiro atoms. The maximum Gasteiger partial charge on any atom is 0.152 e. The van der Waals surface area contributed by atoms with Crippen molar-refractivity contribution >= 4 is 5.78 Å². The van der Waals surface area contributed by atoms with E-state index in [1.54, 1.807) is 0 Å². The SMILES string of the molecule is CCCCC(N)C(=O)C1CCOCC1. The van der Waals surface area contributed by atoms with E-state index in [9.17, 15) is 4.79 Å². The van der Waals surface area contributed by atoms with Gasteiger partial charge in [-0.15, -0.1) is 0 Å². The predicted molar refractivity (Wildman–Crippen MR) is 56.1 cm³/mol. The first-order valence-corrected chi connectivity index (χ1v) is 5.62. The largest absolute Gasteiger partial charge is 0.381 e. The molecule has 1 unspecified atom stereocenters. The van der Waals surface area contributed by atoms with Crippen LogP contribution < -0.4 is 5.73 Å². The molecule has 0 radical (unpaired) electrons. The number of carbonyl (C=O) groups is 1. The summed E-state index contributed by atoms with van der Waals surface area (Å²) in [6.07, 6.45) is 4.72. The summed E-state index contributed by atoms with van der Waals surface area (Å²) in [5.74, 6) is 0.414. The average Bonchev–Trinajstić information content (AvgIpc) is 2.26. The summed E-state index contributed by atoms with van der Waals surface area (Å²) in [5, 5.41) is 0. The molecule has 1 aliphatic rings. The van der Waals surface area contributed by atoms with E-state index in [4.69, 9.17) is 10.5 Å². The van der Waals surface area contributed by atoms with Crippen LogP contribution in [-0.4, -0.2) is 25.0 Å². The molecule has 1 heterocycles. The molecule has 0 aromatic heterocycles. The first kappa shape index (κ1) is 11.7. The fourth-order valence-electron chi connectivity index (χ4n) is 1.85. The molecule has 82 valence electrons. The van der Waals surface area contributed by atoms with E-state index >= 15 is 0 Å². The van der Waals surface area contributed by atoms with Crippen molar-refractivity contribution in [3.8, 4) is 0 Å². The van der Waals surface area contributed by atoms with Crippen LogP contribution in [0.3, 0.4) is 0 Å². The number of Topliss-reactive ketones (excluding diaryl/α,β-unsaturated/α-hetero) is 1. The van der Waals surface area contributed by atoms with Crippen LogP contribution in [0, 0.1) is 5.92 Å². The Balaban J connectivity index is 2.30. The maximum absolute atomic E-state index is 11.8. The van der Waals surface area contributed by atoms with Crippen LogP contribution in [-0.2, 0) is 9.53 Å². The number of hydrogen-bond acceptors (Lipinski definition) is 3. The summed E-state index contributed by atoms with van der Waals surface area (Å²) in [6, 6.07) is -0.238. The fourth-order valence-corrected chi connectivity index (χ4v) is 1.85. The zero-order chi connectivity index (χ0) is 10.4. The lowest BCUT2D eigenvalue weighted by molar-refractivity contribution is -0.127. The molecule has 0 saturated carbocycles. The van der Waals surface area contributed by atoms with Crippen molar-refractivity contribution in [2.24, 2.45) is 11.7 Å². The van der Waals surface area contributed by atoms with Gasteiger partial charge in [-0.25, -0.2) is 0 Å². The zero-order valence-corrected chi connectivity index (χ0v) is 9.00. The number of ether oxygens (including phenoxy) is 1. The molecule has 0 aromatic rings. The number of carbonyl (C=O) groups excluding carboxylic acids is 1. The molecule has 3 nitrogen and oxygen atoms in total. The Morgan fingerprint density at radius 3 is 2.71 bits per heavy atom. The third-order valence-electron chi connectivity index (χ3n) is 2.86. The van der Waals surface area contributed by atoms with Crippen molar-refractivity contribution in [1.29, 1.82) is 0 Å². The normalized spacial score (nSPS) is 20.7. The van der Waals surface area contributed by atoms with Gasteiger partial charge in [0.1, 0.15) is 0 Å². The molecule has 3 heteroatoms. The Hall–Kier alpha value is -0.410. The number of nitrogens with two attached hydrogens (primary N) is 1. The molecular weight excluding hydrogens is 178 g/mol. The van der Waals surface area contributed by atoms with Gasteiger partial charge in [-0.3, -0.25) is 4.79 Å². The van der Waals surface area contributed by atoms with Crippen LogP contribution in [0.5, 0.6) is 0 Å². The van der Waals surface area contributed by atoms with E-state index in [1.807, 2.05) is 0 Å². The van der Waals surface area contributed by atoms with E-state index in [2.05, 4.69) is 6.92 Å². The quantitative estimate of drug-likeness (QED) is 0.730. The van der Waals surface area contributed by atoms with Gasteiger partial charge in [0.25, 0.3) is 0 Å². The molecule has 0 aliphatic carbocycles. The number of hydrogen-bond donors (Lipinski definition) is 1. The van der Waals surface area contributed by atoms with Crippen LogP contribution >= 0.6 is 0 Å². The Kier molecular flexibility index (Phi) is 5.12. The highest BCUT2D eigenvalue weighted by Gasteiger charge is 2.25. The summed E-state index contributed by atoms with van der Waals surface area (Å²) in [4.78, 5) is 11.8. The van der Waals surface area contributed by atoms with Gasteiger partial charge in [0.05, 0.1) is 6.04 Å². The Bertz CT molecular complexity index is 176. The predicted octanol–water partition coefficient (Wildman–Crippen LogP) is 1.50. The Morgan fingerprint density at radius 2 is 2.14 bits per heavy atom. The van der Waals surface area contributed by atoms with Gasteiger partial charge in [0, 0.05) is 19.1 Å². The third kappa shape index (κ3) is 3.39. The second-order valence-corrected chi connectivity index (χ2v) is 4.04. The first-order chi connectivity index (χ1) is 6.75. The highest BCUT2D eigenvalue weighted by atomic mass is 16.5. The van der Waals surface area contributed by atoms with Crippen molar-refractivity contribution in [2.45, 2.75) is 45.1 Å². The second-order valence-electron chi connectivity index (χ2n) is 4.04. The van der Waals surface area contributed by atoms with Crippen molar-refractivity contribution in [2.75, 3.05) is 13.2 Å². The van der Waals surface area contributed by atoms with Gasteiger partial charge >= 0.3 is 0 Å². The van der Waals surface area contributed by atoms with E-state index < -0.39 is 0 Å². The lowest BCUT2D eigenvalue weighted by atomic mass is 9.89. The fraction of sp³-hybridized carbons (Fsp3) is 0.909. The summed E-state index contributed by atoms with van der Waals surface area (Å²) < 4.78 is 5.22. The molecule has 0 aromatic carbocycles. The van der Waals surface area contributed by atoms with Crippen molar-refractivity contribution in [3.63, 3.8) is 0 Å². The lowest BCUT2D eigenvalue weighted by Gasteiger charge is -2.23. The summed E-state index contributed by atoms with van der Waals surface area (Å²) in [7, 11) is 0. The van der Waals surface area contributed by atoms with Gasteiger partial charge < -0.3 is 10.5 Å². The lowest BCUT2D eigenvalue weighted by Crippen LogP contribution is -2.37. The monoisotopic (exact) mass is 199 g/mol. The maximum atomic E-state index is 11.8. The molecule has 1 fully saturated rings. The summed E-state index contributed by atoms with van der Waals surface area (Å²) in [5.41, 5.74) is 5.84. The highest BCUT2D eigenvalue weighted by molar-refractivity contribution is 5.86. The van der Waals surface area contributed by atoms with Gasteiger partial charge in [-0.2, -0.15) is 0 Å². The molecule has 1 aliphatic heterocycles. The molecule has 1 rings (SSSR count). The zero-order valence-electron chi connectivity index (χ0n) is 9.00.